The van der Waals surface area contributed by atoms with E-state index in [1.54, 1.807) is 0 Å². The molecule has 0 radical (unpaired) electrons. The predicted octanol–water partition coefficient (Wildman–Crippen LogP) is 3.70. The van der Waals surface area contributed by atoms with Crippen LogP contribution in [0.1, 0.15) is 69.2 Å². The van der Waals surface area contributed by atoms with Crippen molar-refractivity contribution in [3.8, 4) is 0 Å². The quantitative estimate of drug-likeness (QED) is 0.482. The van der Waals surface area contributed by atoms with Crippen LogP contribution in [0.4, 0.5) is 13.2 Å². The molecule has 1 aliphatic carbocycles. The molecule has 11 heteroatoms. The van der Waals surface area contributed by atoms with Gasteiger partial charge in [0.1, 0.15) is 6.04 Å². The summed E-state index contributed by atoms with van der Waals surface area (Å²) in [5.41, 5.74) is 0.411. The molecule has 3 N–H and O–H groups in total. The topological polar surface area (TPSA) is 116 Å². The number of likely N-dealkylation sites (tertiary alicyclic amines) is 1. The van der Waals surface area contributed by atoms with Crippen LogP contribution in [0.15, 0.2) is 0 Å². The molecule has 0 spiro atoms. The second kappa shape index (κ2) is 17.2. The molecule has 1 aliphatic heterocycles. The Kier molecular flexibility index (Phi) is 18.3. The number of carbonyl (C=O) groups excluding carboxylic acids is 3. The van der Waals surface area contributed by atoms with Gasteiger partial charge in [0, 0.05) is 19.5 Å². The minimum Gasteiger partial charge on any atom is -0.480 e. The van der Waals surface area contributed by atoms with Crippen molar-refractivity contribution < 1.29 is 37.5 Å². The van der Waals surface area contributed by atoms with Crippen molar-refractivity contribution in [2.45, 2.75) is 87.5 Å². The summed E-state index contributed by atoms with van der Waals surface area (Å²) in [6, 6.07) is -0.460. The molecule has 2 rings (SSSR count). The van der Waals surface area contributed by atoms with E-state index in [-0.39, 0.29) is 19.4 Å². The van der Waals surface area contributed by atoms with Crippen molar-refractivity contribution in [2.24, 2.45) is 23.2 Å². The number of carboxylic acid groups (broad SMARTS) is 1. The van der Waals surface area contributed by atoms with Crippen LogP contribution in [-0.4, -0.2) is 66.1 Å². The second-order valence-corrected chi connectivity index (χ2v) is 9.10. The highest BCUT2D eigenvalue weighted by Gasteiger charge is 2.65. The Morgan fingerprint density at radius 3 is 1.76 bits per heavy atom. The molecule has 4 atom stereocenters. The van der Waals surface area contributed by atoms with Gasteiger partial charge in [-0.1, -0.05) is 48.5 Å². The Labute approximate surface area is 202 Å². The van der Waals surface area contributed by atoms with Crippen LogP contribution in [0.2, 0.25) is 0 Å². The summed E-state index contributed by atoms with van der Waals surface area (Å²) in [4.78, 5) is 43.1. The van der Waals surface area contributed by atoms with Crippen LogP contribution in [0.5, 0.6) is 0 Å². The molecule has 2 aliphatic rings. The molecular weight excluding hydrogens is 455 g/mol. The van der Waals surface area contributed by atoms with E-state index in [4.69, 9.17) is 5.11 Å². The van der Waals surface area contributed by atoms with Gasteiger partial charge >= 0.3 is 12.1 Å². The normalized spacial score (nSPS) is 21.7. The standard InChI is InChI=1S/C11H18N2O2.C4H7NO3.C4H10.C2H3F3.C2H6/c1-7-10-8(11(10,2)3)5-13(7)9(15)4-12-6-14;1-3(4(7)8)5-2-6;1-4(2)3;1-2(3,4)5;1-2/h6-8,10H,4-5H2,1-3H3,(H,12,14);2-3H,1H3,(H,5,6)(H,7,8);4H,1-3H3;1H3;1-2H3/t7-,8?,10?;;;;/m1..../s1. The third-order valence-corrected chi connectivity index (χ3v) is 4.89. The van der Waals surface area contributed by atoms with E-state index in [2.05, 4.69) is 52.2 Å². The Morgan fingerprint density at radius 2 is 1.53 bits per heavy atom. The van der Waals surface area contributed by atoms with Crippen molar-refractivity contribution in [3.63, 3.8) is 0 Å². The van der Waals surface area contributed by atoms with Crippen molar-refractivity contribution in [2.75, 3.05) is 13.1 Å². The number of fused-ring (bicyclic) bond motifs is 1. The summed E-state index contributed by atoms with van der Waals surface area (Å²) in [6.07, 6.45) is -3.07. The molecule has 8 nitrogen and oxygen atoms in total. The van der Waals surface area contributed by atoms with Gasteiger partial charge in [-0.05, 0) is 37.0 Å². The lowest BCUT2D eigenvalue weighted by Crippen LogP contribution is -2.43. The minimum absolute atomic E-state index is 0.0394. The van der Waals surface area contributed by atoms with Gasteiger partial charge in [0.05, 0.1) is 6.54 Å². The lowest BCUT2D eigenvalue weighted by Gasteiger charge is -2.28. The van der Waals surface area contributed by atoms with E-state index in [1.807, 2.05) is 18.7 Å². The number of nitrogens with zero attached hydrogens (tertiary/aromatic N) is 1. The average Bonchev–Trinajstić information content (AvgIpc) is 3.02. The number of carboxylic acids is 1. The number of piperidine rings is 1. The first-order valence-electron chi connectivity index (χ1n) is 11.4. The Balaban J connectivity index is -0.000000428. The summed E-state index contributed by atoms with van der Waals surface area (Å²) in [7, 11) is 0. The number of halogens is 3. The van der Waals surface area contributed by atoms with E-state index in [0.717, 1.165) is 12.5 Å². The number of hydrogen-bond donors (Lipinski definition) is 3. The second-order valence-electron chi connectivity index (χ2n) is 9.10. The molecular formula is C23H44F3N3O5. The highest BCUT2D eigenvalue weighted by Crippen LogP contribution is 2.64. The minimum atomic E-state index is -4.00. The Hall–Kier alpha value is -2.33. The predicted molar refractivity (Wildman–Crippen MR) is 126 cm³/mol. The van der Waals surface area contributed by atoms with Gasteiger partial charge < -0.3 is 20.6 Å². The lowest BCUT2D eigenvalue weighted by molar-refractivity contribution is -0.140. The number of aliphatic carboxylic acids is 1. The molecule has 0 aromatic carbocycles. The van der Waals surface area contributed by atoms with Gasteiger partial charge in [-0.25, -0.2) is 0 Å². The summed E-state index contributed by atoms with van der Waals surface area (Å²) >= 11 is 0. The summed E-state index contributed by atoms with van der Waals surface area (Å²) in [6.45, 7) is 19.7. The van der Waals surface area contributed by atoms with Gasteiger partial charge in [0.25, 0.3) is 0 Å². The maximum absolute atomic E-state index is 11.7. The zero-order chi connectivity index (χ0) is 27.9. The van der Waals surface area contributed by atoms with Gasteiger partial charge in [0.2, 0.25) is 18.7 Å². The van der Waals surface area contributed by atoms with Gasteiger partial charge in [-0.15, -0.1) is 0 Å². The molecule has 3 amide bonds. The number of alkyl halides is 3. The highest BCUT2D eigenvalue weighted by molar-refractivity contribution is 5.81. The van der Waals surface area contributed by atoms with Crippen molar-refractivity contribution >= 4 is 24.7 Å². The molecule has 1 saturated carbocycles. The van der Waals surface area contributed by atoms with Gasteiger partial charge in [-0.3, -0.25) is 19.2 Å². The third kappa shape index (κ3) is 16.3. The fourth-order valence-electron chi connectivity index (χ4n) is 3.40. The maximum atomic E-state index is 11.7. The SMILES string of the molecule is CC.CC(C)C.CC(F)(F)F.CC(NC=O)C(=O)O.C[C@@H]1C2C(CN1C(=O)CNC=O)C2(C)C. The number of amides is 3. The van der Waals surface area contributed by atoms with Crippen LogP contribution in [0.25, 0.3) is 0 Å². The molecule has 0 bridgehead atoms. The van der Waals surface area contributed by atoms with Crippen molar-refractivity contribution in [1.82, 2.24) is 15.5 Å². The van der Waals surface area contributed by atoms with Crippen molar-refractivity contribution in [3.05, 3.63) is 0 Å². The van der Waals surface area contributed by atoms with Crippen LogP contribution >= 0.6 is 0 Å². The van der Waals surface area contributed by atoms with E-state index in [1.165, 1.54) is 6.92 Å². The van der Waals surface area contributed by atoms with Crippen molar-refractivity contribution in [1.29, 1.82) is 0 Å². The largest absolute Gasteiger partial charge is 0.480 e. The number of nitrogens with one attached hydrogen (secondary N) is 2. The van der Waals surface area contributed by atoms with Crippen LogP contribution in [0, 0.1) is 23.2 Å². The molecule has 2 fully saturated rings. The first-order chi connectivity index (χ1) is 15.4. The lowest BCUT2D eigenvalue weighted by atomic mass is 10.0. The van der Waals surface area contributed by atoms with E-state index < -0.39 is 18.2 Å². The molecule has 34 heavy (non-hydrogen) atoms. The van der Waals surface area contributed by atoms with E-state index >= 15 is 0 Å². The third-order valence-electron chi connectivity index (χ3n) is 4.89. The molecule has 0 aromatic heterocycles. The smallest absolute Gasteiger partial charge is 0.386 e. The van der Waals surface area contributed by atoms with Gasteiger partial charge in [0.15, 0.2) is 0 Å². The monoisotopic (exact) mass is 499 g/mol. The highest BCUT2D eigenvalue weighted by atomic mass is 19.4. The van der Waals surface area contributed by atoms with E-state index in [0.29, 0.717) is 36.1 Å². The number of hydrogen-bond acceptors (Lipinski definition) is 4. The Morgan fingerprint density at radius 1 is 1.12 bits per heavy atom. The fraction of sp³-hybridized carbons (Fsp3) is 0.826. The van der Waals surface area contributed by atoms with Crippen LogP contribution in [0.3, 0.4) is 0 Å². The zero-order valence-corrected chi connectivity index (χ0v) is 22.1. The first-order valence-corrected chi connectivity index (χ1v) is 11.4. The fourth-order valence-corrected chi connectivity index (χ4v) is 3.40. The first kappa shape index (κ1) is 36.2. The zero-order valence-electron chi connectivity index (χ0n) is 22.1. The Bertz CT molecular complexity index is 604. The summed E-state index contributed by atoms with van der Waals surface area (Å²) < 4.78 is 31.1. The molecule has 202 valence electrons. The molecule has 1 heterocycles. The molecule has 0 aromatic rings. The summed E-state index contributed by atoms with van der Waals surface area (Å²) in [5, 5.41) is 12.6. The number of rotatable bonds is 6. The maximum Gasteiger partial charge on any atom is 0.386 e. The van der Waals surface area contributed by atoms with Gasteiger partial charge in [-0.2, -0.15) is 13.2 Å². The number of carbonyl (C=O) groups is 4. The van der Waals surface area contributed by atoms with E-state index in [9.17, 15) is 32.3 Å². The van der Waals surface area contributed by atoms with Crippen LogP contribution in [-0.2, 0) is 19.2 Å². The average molecular weight is 500 g/mol. The summed E-state index contributed by atoms with van der Waals surface area (Å²) in [5.74, 6) is 1.15. The molecule has 1 saturated heterocycles. The van der Waals surface area contributed by atoms with Crippen LogP contribution < -0.4 is 10.6 Å². The molecule has 3 unspecified atom stereocenters.